The number of amides is 1. The maximum Gasteiger partial charge on any atom is 0.295 e. The summed E-state index contributed by atoms with van der Waals surface area (Å²) in [5, 5.41) is 15.6. The van der Waals surface area contributed by atoms with Gasteiger partial charge in [-0.1, -0.05) is 18.2 Å². The van der Waals surface area contributed by atoms with Crippen molar-refractivity contribution in [3.8, 4) is 5.69 Å². The van der Waals surface area contributed by atoms with E-state index in [1.165, 1.54) is 11.1 Å². The van der Waals surface area contributed by atoms with Crippen LogP contribution in [-0.2, 0) is 9.59 Å². The molecule has 0 unspecified atom stereocenters. The Hall–Kier alpha value is -3.65. The molecular formula is C24H26N4O4. The van der Waals surface area contributed by atoms with Gasteiger partial charge in [-0.25, -0.2) is 4.68 Å². The minimum absolute atomic E-state index is 0.0128. The van der Waals surface area contributed by atoms with Crippen molar-refractivity contribution in [1.82, 2.24) is 19.6 Å². The monoisotopic (exact) mass is 434 g/mol. The van der Waals surface area contributed by atoms with E-state index >= 15 is 0 Å². The molecule has 1 amide bonds. The van der Waals surface area contributed by atoms with Crippen LogP contribution in [0.5, 0.6) is 0 Å². The highest BCUT2D eigenvalue weighted by molar-refractivity contribution is 6.46. The van der Waals surface area contributed by atoms with Gasteiger partial charge in [0.15, 0.2) is 0 Å². The molecular weight excluding hydrogens is 408 g/mol. The number of carbonyl (C=O) groups is 2. The molecule has 1 aliphatic heterocycles. The number of hydrogen-bond donors (Lipinski definition) is 1. The number of aliphatic hydroxyl groups is 1. The van der Waals surface area contributed by atoms with Crippen molar-refractivity contribution in [2.45, 2.75) is 19.9 Å². The number of Topliss-reactive ketones (excluding diaryl/α,β-unsaturated/α-hetero) is 1. The van der Waals surface area contributed by atoms with Crippen LogP contribution < -0.4 is 0 Å². The summed E-state index contributed by atoms with van der Waals surface area (Å²) < 4.78 is 7.48. The zero-order valence-electron chi connectivity index (χ0n) is 18.6. The van der Waals surface area contributed by atoms with Gasteiger partial charge in [-0.15, -0.1) is 0 Å². The van der Waals surface area contributed by atoms with Gasteiger partial charge >= 0.3 is 0 Å². The SMILES string of the molecule is Cc1ccc([C@@H]2/C(=C(/O)c3cnn(-c4ccccc4)c3C)C(=O)C(=O)N2CCN(C)C)o1. The molecule has 1 aromatic carbocycles. The van der Waals surface area contributed by atoms with Gasteiger partial charge in [-0.05, 0) is 52.2 Å². The number of likely N-dealkylation sites (N-methyl/N-ethyl adjacent to an activating group) is 1. The molecule has 2 aromatic heterocycles. The van der Waals surface area contributed by atoms with Crippen molar-refractivity contribution < 1.29 is 19.1 Å². The second-order valence-electron chi connectivity index (χ2n) is 8.14. The summed E-state index contributed by atoms with van der Waals surface area (Å²) in [7, 11) is 3.79. The highest BCUT2D eigenvalue weighted by atomic mass is 16.3. The number of likely N-dealkylation sites (tertiary alicyclic amines) is 1. The molecule has 0 saturated carbocycles. The number of rotatable bonds is 6. The van der Waals surface area contributed by atoms with Crippen molar-refractivity contribution in [2.75, 3.05) is 27.2 Å². The van der Waals surface area contributed by atoms with Crippen molar-refractivity contribution in [3.05, 3.63) is 77.0 Å². The van der Waals surface area contributed by atoms with Crippen molar-refractivity contribution in [1.29, 1.82) is 0 Å². The van der Waals surface area contributed by atoms with Crippen LogP contribution in [0.4, 0.5) is 0 Å². The summed E-state index contributed by atoms with van der Waals surface area (Å²) in [6.45, 7) is 4.49. The number of benzene rings is 1. The van der Waals surface area contributed by atoms with Crippen LogP contribution in [0.1, 0.15) is 28.8 Å². The Morgan fingerprint density at radius 3 is 2.47 bits per heavy atom. The summed E-state index contributed by atoms with van der Waals surface area (Å²) in [5.41, 5.74) is 1.89. The molecule has 0 bridgehead atoms. The average molecular weight is 434 g/mol. The quantitative estimate of drug-likeness (QED) is 0.364. The van der Waals surface area contributed by atoms with Crippen LogP contribution in [0.3, 0.4) is 0 Å². The molecule has 166 valence electrons. The first kappa shape index (κ1) is 21.6. The Balaban J connectivity index is 1.83. The Morgan fingerprint density at radius 2 is 1.84 bits per heavy atom. The lowest BCUT2D eigenvalue weighted by Crippen LogP contribution is -2.35. The third-order valence-corrected chi connectivity index (χ3v) is 5.62. The molecule has 3 heterocycles. The van der Waals surface area contributed by atoms with E-state index in [2.05, 4.69) is 5.10 Å². The van der Waals surface area contributed by atoms with E-state index in [1.807, 2.05) is 56.3 Å². The van der Waals surface area contributed by atoms with E-state index < -0.39 is 17.7 Å². The van der Waals surface area contributed by atoms with Crippen LogP contribution in [0, 0.1) is 13.8 Å². The van der Waals surface area contributed by atoms with E-state index in [9.17, 15) is 14.7 Å². The number of aliphatic hydroxyl groups excluding tert-OH is 1. The maximum absolute atomic E-state index is 13.1. The van der Waals surface area contributed by atoms with E-state index in [4.69, 9.17) is 4.42 Å². The van der Waals surface area contributed by atoms with Crippen LogP contribution in [0.15, 0.2) is 58.7 Å². The molecule has 3 aromatic rings. The lowest BCUT2D eigenvalue weighted by atomic mass is 9.99. The van der Waals surface area contributed by atoms with E-state index in [-0.39, 0.29) is 11.3 Å². The minimum Gasteiger partial charge on any atom is -0.507 e. The van der Waals surface area contributed by atoms with E-state index in [0.29, 0.717) is 35.9 Å². The molecule has 4 rings (SSSR count). The molecule has 0 radical (unpaired) electrons. The second kappa shape index (κ2) is 8.47. The summed E-state index contributed by atoms with van der Waals surface area (Å²) in [6.07, 6.45) is 1.51. The van der Waals surface area contributed by atoms with Gasteiger partial charge in [0.25, 0.3) is 11.7 Å². The highest BCUT2D eigenvalue weighted by Gasteiger charge is 2.47. The molecule has 32 heavy (non-hydrogen) atoms. The van der Waals surface area contributed by atoms with E-state index in [0.717, 1.165) is 5.69 Å². The fourth-order valence-electron chi connectivity index (χ4n) is 3.93. The summed E-state index contributed by atoms with van der Waals surface area (Å²) >= 11 is 0. The third kappa shape index (κ3) is 3.73. The predicted molar refractivity (Wildman–Crippen MR) is 119 cm³/mol. The van der Waals surface area contributed by atoms with Gasteiger partial charge in [0.2, 0.25) is 0 Å². The van der Waals surface area contributed by atoms with Gasteiger partial charge in [0, 0.05) is 13.1 Å². The highest BCUT2D eigenvalue weighted by Crippen LogP contribution is 2.40. The lowest BCUT2D eigenvalue weighted by molar-refractivity contribution is -0.140. The first-order chi connectivity index (χ1) is 15.3. The number of para-hydroxylation sites is 1. The molecule has 1 atom stereocenters. The molecule has 1 aliphatic rings. The van der Waals surface area contributed by atoms with Gasteiger partial charge in [-0.3, -0.25) is 9.59 Å². The number of aromatic nitrogens is 2. The molecule has 8 nitrogen and oxygen atoms in total. The Morgan fingerprint density at radius 1 is 1.12 bits per heavy atom. The van der Waals surface area contributed by atoms with E-state index in [1.54, 1.807) is 23.7 Å². The predicted octanol–water partition coefficient (Wildman–Crippen LogP) is 3.07. The van der Waals surface area contributed by atoms with Gasteiger partial charge < -0.3 is 19.3 Å². The van der Waals surface area contributed by atoms with Gasteiger partial charge in [-0.2, -0.15) is 5.10 Å². The van der Waals surface area contributed by atoms with Crippen molar-refractivity contribution >= 4 is 17.4 Å². The number of ketones is 1. The smallest absolute Gasteiger partial charge is 0.295 e. The largest absolute Gasteiger partial charge is 0.507 e. The summed E-state index contributed by atoms with van der Waals surface area (Å²) in [6, 6.07) is 12.2. The Bertz CT molecular complexity index is 1190. The first-order valence-electron chi connectivity index (χ1n) is 10.4. The van der Waals surface area contributed by atoms with Crippen LogP contribution in [0.2, 0.25) is 0 Å². The molecule has 8 heteroatoms. The maximum atomic E-state index is 13.1. The van der Waals surface area contributed by atoms with Crippen LogP contribution in [-0.4, -0.2) is 63.6 Å². The Labute approximate surface area is 186 Å². The minimum atomic E-state index is -0.803. The van der Waals surface area contributed by atoms with Crippen molar-refractivity contribution in [2.24, 2.45) is 0 Å². The average Bonchev–Trinajstić information content (AvgIpc) is 3.43. The fraction of sp³-hybridized carbons (Fsp3) is 0.292. The number of hydrogen-bond acceptors (Lipinski definition) is 6. The number of furan rings is 1. The van der Waals surface area contributed by atoms with Crippen LogP contribution >= 0.6 is 0 Å². The van der Waals surface area contributed by atoms with Gasteiger partial charge in [0.1, 0.15) is 23.3 Å². The molecule has 1 saturated heterocycles. The standard InChI is InChI=1S/C24H26N4O4/c1-15-10-11-19(32-15)21-20(23(30)24(31)27(21)13-12-26(3)4)22(29)18-14-25-28(16(18)2)17-8-6-5-7-9-17/h5-11,14,21,29H,12-13H2,1-4H3/b22-20-/t21-/m1/s1. The zero-order valence-corrected chi connectivity index (χ0v) is 18.6. The molecule has 0 aliphatic carbocycles. The summed E-state index contributed by atoms with van der Waals surface area (Å²) in [5.74, 6) is -0.538. The molecule has 1 N–H and O–H groups in total. The fourth-order valence-corrected chi connectivity index (χ4v) is 3.93. The molecule has 1 fully saturated rings. The first-order valence-corrected chi connectivity index (χ1v) is 10.4. The van der Waals surface area contributed by atoms with Crippen LogP contribution in [0.25, 0.3) is 11.4 Å². The number of aryl methyl sites for hydroxylation is 1. The number of nitrogens with zero attached hydrogens (tertiary/aromatic N) is 4. The number of carbonyl (C=O) groups excluding carboxylic acids is 2. The normalized spacial score (nSPS) is 18.2. The zero-order chi connectivity index (χ0) is 23.0. The Kier molecular flexibility index (Phi) is 5.71. The summed E-state index contributed by atoms with van der Waals surface area (Å²) in [4.78, 5) is 29.4. The second-order valence-corrected chi connectivity index (χ2v) is 8.14. The van der Waals surface area contributed by atoms with Gasteiger partial charge in [0.05, 0.1) is 28.7 Å². The third-order valence-electron chi connectivity index (χ3n) is 5.62. The van der Waals surface area contributed by atoms with Crippen molar-refractivity contribution in [3.63, 3.8) is 0 Å². The lowest BCUT2D eigenvalue weighted by Gasteiger charge is -2.24. The topological polar surface area (TPSA) is 91.8 Å². The molecule has 0 spiro atoms.